The molecule has 0 heterocycles. The van der Waals surface area contributed by atoms with Gasteiger partial charge in [0.2, 0.25) is 5.91 Å². The minimum Gasteiger partial charge on any atom is -0.484 e. The van der Waals surface area contributed by atoms with Gasteiger partial charge in [-0.15, -0.1) is 0 Å². The Bertz CT molecular complexity index is 820. The second-order valence-corrected chi connectivity index (χ2v) is 7.66. The Kier molecular flexibility index (Phi) is 7.82. The van der Waals surface area contributed by atoms with Crippen molar-refractivity contribution in [2.24, 2.45) is 0 Å². The van der Waals surface area contributed by atoms with Gasteiger partial charge in [-0.3, -0.25) is 9.59 Å². The van der Waals surface area contributed by atoms with Crippen molar-refractivity contribution in [2.45, 2.75) is 57.7 Å². The van der Waals surface area contributed by atoms with Gasteiger partial charge in [-0.25, -0.2) is 4.39 Å². The predicted molar refractivity (Wildman–Crippen MR) is 113 cm³/mol. The Balaban J connectivity index is 1.72. The van der Waals surface area contributed by atoms with E-state index in [0.29, 0.717) is 18.7 Å². The lowest BCUT2D eigenvalue weighted by Crippen LogP contribution is -2.52. The Morgan fingerprint density at radius 3 is 2.40 bits per heavy atom. The number of hydrogen-bond donors (Lipinski definition) is 1. The van der Waals surface area contributed by atoms with Crippen molar-refractivity contribution in [3.05, 3.63) is 66.0 Å². The molecule has 0 aliphatic heterocycles. The van der Waals surface area contributed by atoms with Crippen LogP contribution >= 0.6 is 0 Å². The van der Waals surface area contributed by atoms with E-state index >= 15 is 0 Å². The molecule has 0 spiro atoms. The van der Waals surface area contributed by atoms with Crippen LogP contribution in [0.1, 0.15) is 44.6 Å². The second-order valence-electron chi connectivity index (χ2n) is 7.66. The number of amides is 2. The third kappa shape index (κ3) is 6.05. The third-order valence-corrected chi connectivity index (χ3v) is 5.46. The molecular formula is C24H29FN2O3. The molecule has 0 saturated heterocycles. The van der Waals surface area contributed by atoms with Gasteiger partial charge in [-0.05, 0) is 49.1 Å². The van der Waals surface area contributed by atoms with Gasteiger partial charge in [-0.2, -0.15) is 0 Å². The first kappa shape index (κ1) is 21.8. The molecule has 2 aromatic rings. The van der Waals surface area contributed by atoms with Crippen LogP contribution in [0.3, 0.4) is 0 Å². The molecule has 6 heteroatoms. The average molecular weight is 413 g/mol. The molecule has 2 amide bonds. The summed E-state index contributed by atoms with van der Waals surface area (Å²) in [5.74, 6) is -0.353. The highest BCUT2D eigenvalue weighted by Gasteiger charge is 2.30. The van der Waals surface area contributed by atoms with Crippen LogP contribution < -0.4 is 10.1 Å². The van der Waals surface area contributed by atoms with Crippen molar-refractivity contribution >= 4 is 11.8 Å². The van der Waals surface area contributed by atoms with Crippen LogP contribution in [-0.4, -0.2) is 35.4 Å². The minimum absolute atomic E-state index is 0.115. The monoisotopic (exact) mass is 412 g/mol. The largest absolute Gasteiger partial charge is 0.484 e. The first-order valence-electron chi connectivity index (χ1n) is 10.6. The van der Waals surface area contributed by atoms with Gasteiger partial charge in [0.05, 0.1) is 0 Å². The maximum atomic E-state index is 13.1. The number of benzene rings is 2. The highest BCUT2D eigenvalue weighted by molar-refractivity contribution is 5.88. The first-order valence-corrected chi connectivity index (χ1v) is 10.6. The van der Waals surface area contributed by atoms with Gasteiger partial charge >= 0.3 is 0 Å². The average Bonchev–Trinajstić information content (AvgIpc) is 3.26. The van der Waals surface area contributed by atoms with E-state index in [1.165, 1.54) is 24.3 Å². The Labute approximate surface area is 177 Å². The van der Waals surface area contributed by atoms with Crippen LogP contribution in [0.5, 0.6) is 5.75 Å². The zero-order valence-corrected chi connectivity index (χ0v) is 17.4. The molecule has 1 N–H and O–H groups in total. The van der Waals surface area contributed by atoms with E-state index < -0.39 is 6.04 Å². The maximum absolute atomic E-state index is 13.1. The molecule has 0 radical (unpaired) electrons. The summed E-state index contributed by atoms with van der Waals surface area (Å²) in [7, 11) is 0. The highest BCUT2D eigenvalue weighted by Crippen LogP contribution is 2.19. The van der Waals surface area contributed by atoms with Gasteiger partial charge in [0.15, 0.2) is 6.61 Å². The van der Waals surface area contributed by atoms with Gasteiger partial charge in [0, 0.05) is 12.6 Å². The highest BCUT2D eigenvalue weighted by atomic mass is 19.1. The minimum atomic E-state index is -0.574. The van der Waals surface area contributed by atoms with Crippen LogP contribution in [0.25, 0.3) is 0 Å². The number of carbonyl (C=O) groups excluding carboxylic acids is 2. The molecule has 1 aliphatic carbocycles. The van der Waals surface area contributed by atoms with Crippen LogP contribution in [0.15, 0.2) is 54.6 Å². The normalized spacial score (nSPS) is 14.9. The van der Waals surface area contributed by atoms with Crippen LogP contribution in [-0.2, 0) is 16.1 Å². The molecule has 1 saturated carbocycles. The van der Waals surface area contributed by atoms with E-state index in [-0.39, 0.29) is 30.3 Å². The Morgan fingerprint density at radius 2 is 1.77 bits per heavy atom. The van der Waals surface area contributed by atoms with E-state index in [9.17, 15) is 14.0 Å². The SMILES string of the molecule is CC[C@@H](C(=O)NC1CCCC1)N(Cc1ccccc1)C(=O)COc1ccc(F)cc1. The summed E-state index contributed by atoms with van der Waals surface area (Å²) in [6.45, 7) is 2.01. The van der Waals surface area contributed by atoms with E-state index in [2.05, 4.69) is 5.32 Å². The van der Waals surface area contributed by atoms with E-state index in [1.807, 2.05) is 37.3 Å². The molecule has 1 atom stereocenters. The van der Waals surface area contributed by atoms with Gasteiger partial charge in [0.1, 0.15) is 17.6 Å². The number of ether oxygens (including phenoxy) is 1. The van der Waals surface area contributed by atoms with Crippen LogP contribution in [0.4, 0.5) is 4.39 Å². The summed E-state index contributed by atoms with van der Waals surface area (Å²) < 4.78 is 18.6. The standard InChI is InChI=1S/C24H29FN2O3/c1-2-22(24(29)26-20-10-6-7-11-20)27(16-18-8-4-3-5-9-18)23(28)17-30-21-14-12-19(25)13-15-21/h3-5,8-9,12-15,20,22H,2,6-7,10-11,16-17H2,1H3,(H,26,29)/t22-/m0/s1. The topological polar surface area (TPSA) is 58.6 Å². The Morgan fingerprint density at radius 1 is 1.10 bits per heavy atom. The van der Waals surface area contributed by atoms with Crippen molar-refractivity contribution < 1.29 is 18.7 Å². The predicted octanol–water partition coefficient (Wildman–Crippen LogP) is 4.07. The summed E-state index contributed by atoms with van der Waals surface area (Å²) in [5.41, 5.74) is 0.944. The van der Waals surface area contributed by atoms with E-state index in [4.69, 9.17) is 4.74 Å². The number of nitrogens with one attached hydrogen (secondary N) is 1. The molecule has 0 bridgehead atoms. The summed E-state index contributed by atoms with van der Waals surface area (Å²) in [5, 5.41) is 3.12. The molecule has 0 unspecified atom stereocenters. The fraction of sp³-hybridized carbons (Fsp3) is 0.417. The van der Waals surface area contributed by atoms with Gasteiger partial charge in [0.25, 0.3) is 5.91 Å². The van der Waals surface area contributed by atoms with Crippen molar-refractivity contribution in [1.82, 2.24) is 10.2 Å². The summed E-state index contributed by atoms with van der Waals surface area (Å²) in [6, 6.07) is 14.7. The van der Waals surface area contributed by atoms with Gasteiger partial charge < -0.3 is 15.0 Å². The fourth-order valence-corrected chi connectivity index (χ4v) is 3.83. The number of nitrogens with zero attached hydrogens (tertiary/aromatic N) is 1. The number of hydrogen-bond acceptors (Lipinski definition) is 3. The fourth-order valence-electron chi connectivity index (χ4n) is 3.83. The lowest BCUT2D eigenvalue weighted by atomic mass is 10.1. The molecule has 0 aromatic heterocycles. The molecule has 3 rings (SSSR count). The smallest absolute Gasteiger partial charge is 0.261 e. The number of halogens is 1. The van der Waals surface area contributed by atoms with Crippen LogP contribution in [0, 0.1) is 5.82 Å². The summed E-state index contributed by atoms with van der Waals surface area (Å²) in [6.07, 6.45) is 4.73. The molecule has 160 valence electrons. The lowest BCUT2D eigenvalue weighted by Gasteiger charge is -2.31. The zero-order chi connectivity index (χ0) is 21.3. The van der Waals surface area contributed by atoms with E-state index in [0.717, 1.165) is 31.2 Å². The van der Waals surface area contributed by atoms with E-state index in [1.54, 1.807) is 4.90 Å². The summed E-state index contributed by atoms with van der Waals surface area (Å²) >= 11 is 0. The third-order valence-electron chi connectivity index (χ3n) is 5.46. The Hall–Kier alpha value is -2.89. The van der Waals surface area contributed by atoms with Crippen molar-refractivity contribution in [3.8, 4) is 5.75 Å². The van der Waals surface area contributed by atoms with Crippen molar-refractivity contribution in [1.29, 1.82) is 0 Å². The molecule has 1 fully saturated rings. The zero-order valence-electron chi connectivity index (χ0n) is 17.4. The van der Waals surface area contributed by atoms with Crippen LogP contribution in [0.2, 0.25) is 0 Å². The number of carbonyl (C=O) groups is 2. The first-order chi connectivity index (χ1) is 14.6. The summed E-state index contributed by atoms with van der Waals surface area (Å²) in [4.78, 5) is 27.7. The van der Waals surface area contributed by atoms with Crippen molar-refractivity contribution in [3.63, 3.8) is 0 Å². The molecule has 2 aromatic carbocycles. The molecule has 1 aliphatic rings. The molecular weight excluding hydrogens is 383 g/mol. The maximum Gasteiger partial charge on any atom is 0.261 e. The second kappa shape index (κ2) is 10.8. The van der Waals surface area contributed by atoms with Gasteiger partial charge in [-0.1, -0.05) is 50.1 Å². The molecule has 5 nitrogen and oxygen atoms in total. The lowest BCUT2D eigenvalue weighted by molar-refractivity contribution is -0.143. The quantitative estimate of drug-likeness (QED) is 0.675. The number of rotatable bonds is 9. The molecule has 30 heavy (non-hydrogen) atoms. The van der Waals surface area contributed by atoms with Crippen molar-refractivity contribution in [2.75, 3.05) is 6.61 Å².